The first kappa shape index (κ1) is 23.9. The molecule has 0 fully saturated rings. The van der Waals surface area contributed by atoms with Crippen molar-refractivity contribution in [2.24, 2.45) is 10.7 Å². The second-order valence-electron chi connectivity index (χ2n) is 6.61. The van der Waals surface area contributed by atoms with Gasteiger partial charge >= 0.3 is 6.61 Å². The fourth-order valence-corrected chi connectivity index (χ4v) is 2.66. The van der Waals surface area contributed by atoms with Gasteiger partial charge in [-0.1, -0.05) is 19.1 Å². The number of rotatable bonds is 11. The molecule has 0 aliphatic rings. The van der Waals surface area contributed by atoms with Gasteiger partial charge in [-0.3, -0.25) is 4.79 Å². The Morgan fingerprint density at radius 1 is 1.13 bits per heavy atom. The Labute approximate surface area is 180 Å². The van der Waals surface area contributed by atoms with Crippen molar-refractivity contribution in [3.8, 4) is 11.5 Å². The van der Waals surface area contributed by atoms with E-state index in [1.165, 1.54) is 6.07 Å². The Kier molecular flexibility index (Phi) is 9.54. The first-order chi connectivity index (χ1) is 14.9. The molecule has 0 atom stereocenters. The van der Waals surface area contributed by atoms with Crippen molar-refractivity contribution in [1.29, 1.82) is 0 Å². The van der Waals surface area contributed by atoms with E-state index >= 15 is 0 Å². The maximum absolute atomic E-state index is 12.8. The van der Waals surface area contributed by atoms with Crippen LogP contribution in [0.3, 0.4) is 0 Å². The highest BCUT2D eigenvalue weighted by Crippen LogP contribution is 2.26. The minimum atomic E-state index is -2.94. The van der Waals surface area contributed by atoms with Crippen molar-refractivity contribution in [3.63, 3.8) is 0 Å². The number of ether oxygens (including phenoxy) is 2. The second kappa shape index (κ2) is 12.4. The highest BCUT2D eigenvalue weighted by molar-refractivity contribution is 5.92. The van der Waals surface area contributed by atoms with E-state index in [1.807, 2.05) is 13.8 Å². The molecule has 0 saturated heterocycles. The zero-order valence-electron chi connectivity index (χ0n) is 17.7. The van der Waals surface area contributed by atoms with Gasteiger partial charge in [0.1, 0.15) is 11.5 Å². The van der Waals surface area contributed by atoms with Gasteiger partial charge in [0.05, 0.1) is 13.2 Å². The summed E-state index contributed by atoms with van der Waals surface area (Å²) in [5, 5.41) is 6.22. The summed E-state index contributed by atoms with van der Waals surface area (Å²) < 4.78 is 35.8. The van der Waals surface area contributed by atoms with E-state index in [2.05, 4.69) is 20.4 Å². The molecule has 1 amide bonds. The number of nitrogens with two attached hydrogens (primary N) is 1. The van der Waals surface area contributed by atoms with Gasteiger partial charge in [0.15, 0.2) is 5.96 Å². The number of aliphatic imine (C=N–C) groups is 1. The fourth-order valence-electron chi connectivity index (χ4n) is 2.66. The molecule has 2 rings (SSSR count). The van der Waals surface area contributed by atoms with E-state index in [0.29, 0.717) is 42.5 Å². The Balaban J connectivity index is 2.08. The number of carbonyl (C=O) groups is 1. The monoisotopic (exact) mass is 434 g/mol. The lowest BCUT2D eigenvalue weighted by Crippen LogP contribution is -2.36. The molecule has 7 nitrogen and oxygen atoms in total. The van der Waals surface area contributed by atoms with E-state index in [4.69, 9.17) is 10.5 Å². The fraction of sp³-hybridized carbons (Fsp3) is 0.364. The summed E-state index contributed by atoms with van der Waals surface area (Å²) in [5.74, 6) is 0.545. The number of benzene rings is 2. The Bertz CT molecular complexity index is 874. The van der Waals surface area contributed by atoms with Crippen molar-refractivity contribution < 1.29 is 23.0 Å². The van der Waals surface area contributed by atoms with Crippen LogP contribution in [-0.2, 0) is 13.1 Å². The molecule has 0 aliphatic heterocycles. The van der Waals surface area contributed by atoms with E-state index in [1.54, 1.807) is 36.4 Å². The van der Waals surface area contributed by atoms with Crippen molar-refractivity contribution in [2.45, 2.75) is 40.0 Å². The lowest BCUT2D eigenvalue weighted by molar-refractivity contribution is -0.0505. The highest BCUT2D eigenvalue weighted by atomic mass is 19.3. The minimum Gasteiger partial charge on any atom is -0.493 e. The van der Waals surface area contributed by atoms with Crippen LogP contribution < -0.4 is 25.8 Å². The maximum atomic E-state index is 12.8. The third-order valence-electron chi connectivity index (χ3n) is 4.18. The smallest absolute Gasteiger partial charge is 0.387 e. The summed E-state index contributed by atoms with van der Waals surface area (Å²) >= 11 is 0. The Morgan fingerprint density at radius 3 is 2.48 bits per heavy atom. The Hall–Kier alpha value is -3.36. The van der Waals surface area contributed by atoms with Gasteiger partial charge in [0.25, 0.3) is 0 Å². The summed E-state index contributed by atoms with van der Waals surface area (Å²) in [4.78, 5) is 15.6. The topological polar surface area (TPSA) is 98.0 Å². The molecule has 2 aromatic carbocycles. The second-order valence-corrected chi connectivity index (χ2v) is 6.61. The average Bonchev–Trinajstić information content (AvgIpc) is 2.75. The highest BCUT2D eigenvalue weighted by Gasteiger charge is 2.12. The molecule has 0 radical (unpaired) electrons. The minimum absolute atomic E-state index is 0.0500. The maximum Gasteiger partial charge on any atom is 0.387 e. The molecule has 0 aromatic heterocycles. The van der Waals surface area contributed by atoms with Gasteiger partial charge in [-0.25, -0.2) is 4.99 Å². The van der Waals surface area contributed by atoms with E-state index in [0.717, 1.165) is 12.0 Å². The molecule has 0 heterocycles. The predicted octanol–water partition coefficient (Wildman–Crippen LogP) is 3.43. The molecule has 0 saturated carbocycles. The SMILES string of the molecule is CCCOc1ccc(CNC(=NCc2ccc(C(N)=O)cc2)NCC)c(OC(F)F)c1. The quantitative estimate of drug-likeness (QED) is 0.372. The summed E-state index contributed by atoms with van der Waals surface area (Å²) in [7, 11) is 0. The molecular weight excluding hydrogens is 406 g/mol. The summed E-state index contributed by atoms with van der Waals surface area (Å²) in [5.41, 5.74) is 7.10. The summed E-state index contributed by atoms with van der Waals surface area (Å²) in [6.07, 6.45) is 0.808. The molecule has 168 valence electrons. The predicted molar refractivity (Wildman–Crippen MR) is 115 cm³/mol. The van der Waals surface area contributed by atoms with Crippen LogP contribution in [0.1, 0.15) is 41.8 Å². The van der Waals surface area contributed by atoms with Gasteiger partial charge in [-0.2, -0.15) is 8.78 Å². The third kappa shape index (κ3) is 8.12. The van der Waals surface area contributed by atoms with Crippen LogP contribution in [0.4, 0.5) is 8.78 Å². The summed E-state index contributed by atoms with van der Waals surface area (Å²) in [6, 6.07) is 11.7. The molecule has 0 unspecified atom stereocenters. The number of alkyl halides is 2. The lowest BCUT2D eigenvalue weighted by Gasteiger charge is -2.16. The first-order valence-electron chi connectivity index (χ1n) is 10.0. The molecule has 0 aliphatic carbocycles. The molecule has 0 bridgehead atoms. The number of halogens is 2. The van der Waals surface area contributed by atoms with E-state index in [9.17, 15) is 13.6 Å². The number of amides is 1. The van der Waals surface area contributed by atoms with Gasteiger partial charge < -0.3 is 25.8 Å². The zero-order chi connectivity index (χ0) is 22.6. The Morgan fingerprint density at radius 2 is 1.87 bits per heavy atom. The molecule has 9 heteroatoms. The number of nitrogens with one attached hydrogen (secondary N) is 2. The number of primary amides is 1. The normalized spacial score (nSPS) is 11.3. The third-order valence-corrected chi connectivity index (χ3v) is 4.18. The van der Waals surface area contributed by atoms with Crippen LogP contribution in [0.25, 0.3) is 0 Å². The van der Waals surface area contributed by atoms with Gasteiger partial charge in [-0.05, 0) is 43.2 Å². The lowest BCUT2D eigenvalue weighted by atomic mass is 10.1. The van der Waals surface area contributed by atoms with Crippen LogP contribution in [0.2, 0.25) is 0 Å². The van der Waals surface area contributed by atoms with Crippen molar-refractivity contribution in [2.75, 3.05) is 13.2 Å². The van der Waals surface area contributed by atoms with Crippen molar-refractivity contribution in [3.05, 3.63) is 59.2 Å². The number of nitrogens with zero attached hydrogens (tertiary/aromatic N) is 1. The van der Waals surface area contributed by atoms with Crippen molar-refractivity contribution >= 4 is 11.9 Å². The van der Waals surface area contributed by atoms with Crippen LogP contribution in [-0.4, -0.2) is 31.6 Å². The number of guanidine groups is 1. The van der Waals surface area contributed by atoms with Gasteiger partial charge in [0.2, 0.25) is 5.91 Å². The van der Waals surface area contributed by atoms with Gasteiger partial charge in [0, 0.05) is 30.3 Å². The van der Waals surface area contributed by atoms with Crippen LogP contribution in [0, 0.1) is 0 Å². The van der Waals surface area contributed by atoms with Crippen LogP contribution >= 0.6 is 0 Å². The average molecular weight is 434 g/mol. The first-order valence-corrected chi connectivity index (χ1v) is 10.0. The van der Waals surface area contributed by atoms with Crippen LogP contribution in [0.5, 0.6) is 11.5 Å². The molecule has 4 N–H and O–H groups in total. The molecular formula is C22H28F2N4O3. The number of hydrogen-bond acceptors (Lipinski definition) is 4. The summed E-state index contributed by atoms with van der Waals surface area (Å²) in [6.45, 7) is 2.64. The zero-order valence-corrected chi connectivity index (χ0v) is 17.7. The van der Waals surface area contributed by atoms with Crippen LogP contribution in [0.15, 0.2) is 47.5 Å². The largest absolute Gasteiger partial charge is 0.493 e. The molecule has 2 aromatic rings. The molecule has 31 heavy (non-hydrogen) atoms. The van der Waals surface area contributed by atoms with Crippen molar-refractivity contribution in [1.82, 2.24) is 10.6 Å². The van der Waals surface area contributed by atoms with Gasteiger partial charge in [-0.15, -0.1) is 0 Å². The standard InChI is InChI=1S/C22H28F2N4O3/c1-3-11-30-18-10-9-17(19(12-18)31-21(23)24)14-28-22(26-4-2)27-13-15-5-7-16(8-6-15)20(25)29/h5-10,12,21H,3-4,11,13-14H2,1-2H3,(H2,25,29)(H2,26,27,28). The van der Waals surface area contributed by atoms with E-state index < -0.39 is 12.5 Å². The number of carbonyl (C=O) groups excluding carboxylic acids is 1. The number of hydrogen-bond donors (Lipinski definition) is 3. The molecule has 0 spiro atoms. The van der Waals surface area contributed by atoms with E-state index in [-0.39, 0.29) is 12.3 Å².